The topological polar surface area (TPSA) is 45.2 Å². The minimum absolute atomic E-state index is 0.0562. The van der Waals surface area contributed by atoms with Crippen molar-refractivity contribution in [1.82, 2.24) is 15.2 Å². The number of carbonyl (C=O) groups is 1. The molecule has 0 saturated carbocycles. The molecule has 13 heavy (non-hydrogen) atoms. The second kappa shape index (κ2) is 3.43. The van der Waals surface area contributed by atoms with E-state index in [4.69, 9.17) is 0 Å². The fourth-order valence-electron chi connectivity index (χ4n) is 1.37. The van der Waals surface area contributed by atoms with Crippen molar-refractivity contribution in [3.63, 3.8) is 0 Å². The van der Waals surface area contributed by atoms with E-state index in [1.807, 2.05) is 7.05 Å². The van der Waals surface area contributed by atoms with Crippen molar-refractivity contribution in [1.29, 1.82) is 0 Å². The number of hydrogen-bond acceptors (Lipinski definition) is 4. The predicted molar refractivity (Wildman–Crippen MR) is 50.9 cm³/mol. The molecule has 5 heteroatoms. The molecule has 1 fully saturated rings. The summed E-state index contributed by atoms with van der Waals surface area (Å²) in [5, 5.41) is 4.67. The van der Waals surface area contributed by atoms with E-state index in [1.165, 1.54) is 11.3 Å². The molecule has 0 aromatic carbocycles. The molecule has 1 aromatic rings. The highest BCUT2D eigenvalue weighted by Gasteiger charge is 2.25. The Morgan fingerprint density at radius 1 is 1.77 bits per heavy atom. The van der Waals surface area contributed by atoms with E-state index in [9.17, 15) is 4.79 Å². The third kappa shape index (κ3) is 1.87. The summed E-state index contributed by atoms with van der Waals surface area (Å²) in [6.07, 6.45) is 0. The van der Waals surface area contributed by atoms with Crippen LogP contribution in [0.3, 0.4) is 0 Å². The number of carbonyl (C=O) groups excluding carboxylic acids is 1. The molecule has 1 aromatic heterocycles. The molecule has 1 aliphatic heterocycles. The standard InChI is InChI=1S/C8H11N3OS/c1-11-2-6(3-11)10-8(12)7-4-13-5-9-7/h4-6H,2-3H2,1H3,(H,10,12). The molecular weight excluding hydrogens is 186 g/mol. The van der Waals surface area contributed by atoms with Crippen molar-refractivity contribution < 1.29 is 4.79 Å². The van der Waals surface area contributed by atoms with Crippen molar-refractivity contribution in [2.45, 2.75) is 6.04 Å². The summed E-state index contributed by atoms with van der Waals surface area (Å²) in [5.41, 5.74) is 2.20. The number of thiazole rings is 1. The highest BCUT2D eigenvalue weighted by Crippen LogP contribution is 2.06. The average Bonchev–Trinajstić information content (AvgIpc) is 2.53. The van der Waals surface area contributed by atoms with Crippen LogP contribution in [0, 0.1) is 0 Å². The Morgan fingerprint density at radius 2 is 2.54 bits per heavy atom. The summed E-state index contributed by atoms with van der Waals surface area (Å²) in [4.78, 5) is 17.5. The molecule has 70 valence electrons. The van der Waals surface area contributed by atoms with Gasteiger partial charge < -0.3 is 10.2 Å². The van der Waals surface area contributed by atoms with Gasteiger partial charge in [0.2, 0.25) is 0 Å². The van der Waals surface area contributed by atoms with E-state index >= 15 is 0 Å². The smallest absolute Gasteiger partial charge is 0.271 e. The number of rotatable bonds is 2. The monoisotopic (exact) mass is 197 g/mol. The number of amides is 1. The molecule has 2 rings (SSSR count). The van der Waals surface area contributed by atoms with Crippen LogP contribution < -0.4 is 5.32 Å². The van der Waals surface area contributed by atoms with Crippen LogP contribution in [0.25, 0.3) is 0 Å². The minimum Gasteiger partial charge on any atom is -0.345 e. The molecule has 1 N–H and O–H groups in total. The van der Waals surface area contributed by atoms with Gasteiger partial charge in [-0.25, -0.2) is 4.98 Å². The van der Waals surface area contributed by atoms with Crippen molar-refractivity contribution in [2.75, 3.05) is 20.1 Å². The van der Waals surface area contributed by atoms with E-state index in [1.54, 1.807) is 10.9 Å². The summed E-state index contributed by atoms with van der Waals surface area (Å²) in [5.74, 6) is -0.0562. The SMILES string of the molecule is CN1CC(NC(=O)c2cscn2)C1. The van der Waals surface area contributed by atoms with Crippen molar-refractivity contribution in [3.8, 4) is 0 Å². The first-order valence-electron chi connectivity index (χ1n) is 4.13. The van der Waals surface area contributed by atoms with Crippen LogP contribution in [-0.4, -0.2) is 42.0 Å². The highest BCUT2D eigenvalue weighted by molar-refractivity contribution is 7.07. The van der Waals surface area contributed by atoms with Crippen LogP contribution >= 0.6 is 11.3 Å². The van der Waals surface area contributed by atoms with Gasteiger partial charge in [-0.3, -0.25) is 4.79 Å². The van der Waals surface area contributed by atoms with E-state index in [0.717, 1.165) is 13.1 Å². The Balaban J connectivity index is 1.86. The Bertz CT molecular complexity index is 292. The lowest BCUT2D eigenvalue weighted by Crippen LogP contribution is -2.57. The van der Waals surface area contributed by atoms with Gasteiger partial charge >= 0.3 is 0 Å². The molecule has 0 spiro atoms. The van der Waals surface area contributed by atoms with Crippen LogP contribution in [0.1, 0.15) is 10.5 Å². The lowest BCUT2D eigenvalue weighted by molar-refractivity contribution is 0.0853. The maximum absolute atomic E-state index is 11.4. The highest BCUT2D eigenvalue weighted by atomic mass is 32.1. The van der Waals surface area contributed by atoms with Gasteiger partial charge in [-0.05, 0) is 7.05 Å². The molecule has 0 unspecified atom stereocenters. The average molecular weight is 197 g/mol. The first-order chi connectivity index (χ1) is 6.25. The fraction of sp³-hybridized carbons (Fsp3) is 0.500. The zero-order chi connectivity index (χ0) is 9.26. The minimum atomic E-state index is -0.0562. The molecular formula is C8H11N3OS. The number of nitrogens with zero attached hydrogens (tertiary/aromatic N) is 2. The molecule has 0 aliphatic carbocycles. The van der Waals surface area contributed by atoms with Gasteiger partial charge in [0.1, 0.15) is 5.69 Å². The van der Waals surface area contributed by atoms with Gasteiger partial charge in [0.15, 0.2) is 0 Å². The normalized spacial score (nSPS) is 18.2. The summed E-state index contributed by atoms with van der Waals surface area (Å²) in [7, 11) is 2.03. The lowest BCUT2D eigenvalue weighted by Gasteiger charge is -2.36. The second-order valence-electron chi connectivity index (χ2n) is 3.27. The Labute approximate surface area is 80.6 Å². The van der Waals surface area contributed by atoms with Gasteiger partial charge in [0.05, 0.1) is 11.6 Å². The second-order valence-corrected chi connectivity index (χ2v) is 3.98. The number of aromatic nitrogens is 1. The van der Waals surface area contributed by atoms with Crippen molar-refractivity contribution in [2.24, 2.45) is 0 Å². The molecule has 0 radical (unpaired) electrons. The van der Waals surface area contributed by atoms with Crippen molar-refractivity contribution in [3.05, 3.63) is 16.6 Å². The van der Waals surface area contributed by atoms with Crippen LogP contribution in [-0.2, 0) is 0 Å². The summed E-state index contributed by atoms with van der Waals surface area (Å²) >= 11 is 1.44. The maximum atomic E-state index is 11.4. The summed E-state index contributed by atoms with van der Waals surface area (Å²) < 4.78 is 0. The number of hydrogen-bond donors (Lipinski definition) is 1. The van der Waals surface area contributed by atoms with Crippen molar-refractivity contribution >= 4 is 17.2 Å². The largest absolute Gasteiger partial charge is 0.345 e. The Kier molecular flexibility index (Phi) is 2.28. The Morgan fingerprint density at radius 3 is 3.08 bits per heavy atom. The predicted octanol–water partition coefficient (Wildman–Crippen LogP) is 0.187. The molecule has 1 aliphatic rings. The molecule has 0 bridgehead atoms. The molecule has 2 heterocycles. The first-order valence-corrected chi connectivity index (χ1v) is 5.07. The molecule has 1 amide bonds. The number of nitrogens with one attached hydrogen (secondary N) is 1. The van der Waals surface area contributed by atoms with Crippen LogP contribution in [0.15, 0.2) is 10.9 Å². The van der Waals surface area contributed by atoms with Gasteiger partial charge in [-0.1, -0.05) is 0 Å². The summed E-state index contributed by atoms with van der Waals surface area (Å²) in [6, 6.07) is 0.305. The zero-order valence-corrected chi connectivity index (χ0v) is 8.17. The number of likely N-dealkylation sites (N-methyl/N-ethyl adjacent to an activating group) is 1. The van der Waals surface area contributed by atoms with Gasteiger partial charge in [0.25, 0.3) is 5.91 Å². The molecule has 0 atom stereocenters. The lowest BCUT2D eigenvalue weighted by atomic mass is 10.1. The zero-order valence-electron chi connectivity index (χ0n) is 7.36. The quantitative estimate of drug-likeness (QED) is 0.736. The van der Waals surface area contributed by atoms with Crippen LogP contribution in [0.5, 0.6) is 0 Å². The van der Waals surface area contributed by atoms with Gasteiger partial charge in [0, 0.05) is 18.5 Å². The third-order valence-electron chi connectivity index (χ3n) is 2.06. The fourth-order valence-corrected chi connectivity index (χ4v) is 1.91. The molecule has 4 nitrogen and oxygen atoms in total. The van der Waals surface area contributed by atoms with Gasteiger partial charge in [-0.15, -0.1) is 11.3 Å². The van der Waals surface area contributed by atoms with Crippen LogP contribution in [0.2, 0.25) is 0 Å². The van der Waals surface area contributed by atoms with Gasteiger partial charge in [-0.2, -0.15) is 0 Å². The van der Waals surface area contributed by atoms with E-state index < -0.39 is 0 Å². The van der Waals surface area contributed by atoms with E-state index in [2.05, 4.69) is 15.2 Å². The maximum Gasteiger partial charge on any atom is 0.271 e. The van der Waals surface area contributed by atoms with E-state index in [0.29, 0.717) is 11.7 Å². The number of likely N-dealkylation sites (tertiary alicyclic amines) is 1. The Hall–Kier alpha value is -0.940. The van der Waals surface area contributed by atoms with E-state index in [-0.39, 0.29) is 5.91 Å². The third-order valence-corrected chi connectivity index (χ3v) is 2.65. The molecule has 1 saturated heterocycles. The summed E-state index contributed by atoms with van der Waals surface area (Å²) in [6.45, 7) is 1.88. The van der Waals surface area contributed by atoms with Crippen LogP contribution in [0.4, 0.5) is 0 Å². The first kappa shape index (κ1) is 8.65.